The summed E-state index contributed by atoms with van der Waals surface area (Å²) in [6.45, 7) is 1.67. The Bertz CT molecular complexity index is 836. The predicted molar refractivity (Wildman–Crippen MR) is 119 cm³/mol. The molecule has 2 aromatic carbocycles. The summed E-state index contributed by atoms with van der Waals surface area (Å²) in [7, 11) is 5.19. The van der Waals surface area contributed by atoms with Crippen molar-refractivity contribution in [1.29, 1.82) is 0 Å². The predicted octanol–water partition coefficient (Wildman–Crippen LogP) is 3.81. The summed E-state index contributed by atoms with van der Waals surface area (Å²) in [5.41, 5.74) is 3.14. The van der Waals surface area contributed by atoms with Gasteiger partial charge in [-0.2, -0.15) is 0 Å². The first kappa shape index (κ1) is 21.9. The Morgan fingerprint density at radius 2 is 1.57 bits per heavy atom. The summed E-state index contributed by atoms with van der Waals surface area (Å²) < 4.78 is 5.18. The Balaban J connectivity index is 1.42. The third kappa shape index (κ3) is 5.85. The second-order valence-electron chi connectivity index (χ2n) is 8.27. The number of amides is 2. The fraction of sp³-hybridized carbons (Fsp3) is 0.440. The highest BCUT2D eigenvalue weighted by molar-refractivity contribution is 5.93. The van der Waals surface area contributed by atoms with Crippen molar-refractivity contribution in [2.24, 2.45) is 5.92 Å². The first-order valence-electron chi connectivity index (χ1n) is 10.7. The van der Waals surface area contributed by atoms with Gasteiger partial charge in [0.25, 0.3) is 5.91 Å². The van der Waals surface area contributed by atoms with E-state index in [4.69, 9.17) is 4.74 Å². The van der Waals surface area contributed by atoms with Crippen LogP contribution in [-0.4, -0.2) is 55.9 Å². The lowest BCUT2D eigenvalue weighted by molar-refractivity contribution is -0.132. The molecule has 0 bridgehead atoms. The fourth-order valence-corrected chi connectivity index (χ4v) is 3.96. The van der Waals surface area contributed by atoms with E-state index in [9.17, 15) is 9.59 Å². The minimum absolute atomic E-state index is 0.0306. The summed E-state index contributed by atoms with van der Waals surface area (Å²) >= 11 is 0. The Morgan fingerprint density at radius 1 is 0.967 bits per heavy atom. The lowest BCUT2D eigenvalue weighted by atomic mass is 9.89. The van der Waals surface area contributed by atoms with Crippen LogP contribution in [0.2, 0.25) is 0 Å². The molecule has 2 amide bonds. The van der Waals surface area contributed by atoms with Crippen molar-refractivity contribution >= 4 is 11.8 Å². The molecule has 0 N–H and O–H groups in total. The molecule has 1 fully saturated rings. The van der Waals surface area contributed by atoms with Crippen LogP contribution in [0.4, 0.5) is 0 Å². The highest BCUT2D eigenvalue weighted by Crippen LogP contribution is 2.23. The molecule has 0 radical (unpaired) electrons. The number of hydrogen-bond acceptors (Lipinski definition) is 3. The van der Waals surface area contributed by atoms with Crippen molar-refractivity contribution in [3.05, 3.63) is 65.2 Å². The average molecular weight is 409 g/mol. The first-order chi connectivity index (χ1) is 14.5. The summed E-state index contributed by atoms with van der Waals surface area (Å²) in [5, 5.41) is 0. The van der Waals surface area contributed by atoms with Gasteiger partial charge in [0.1, 0.15) is 5.75 Å². The van der Waals surface area contributed by atoms with Crippen LogP contribution in [0.25, 0.3) is 0 Å². The first-order valence-corrected chi connectivity index (χ1v) is 10.7. The topological polar surface area (TPSA) is 49.9 Å². The van der Waals surface area contributed by atoms with Crippen molar-refractivity contribution in [2.45, 2.75) is 32.1 Å². The van der Waals surface area contributed by atoms with Gasteiger partial charge >= 0.3 is 0 Å². The summed E-state index contributed by atoms with van der Waals surface area (Å²) in [4.78, 5) is 28.2. The minimum atomic E-state index is 0.0306. The maximum atomic E-state index is 12.6. The standard InChI is InChI=1S/C25H32N2O3/c1-26(2)25(29)22-9-4-20(5-10-22)18-21-14-16-27(17-15-21)24(28)13-8-19-6-11-23(30-3)12-7-19/h4-7,9-12,21H,8,13-18H2,1-3H3. The SMILES string of the molecule is COc1ccc(CCC(=O)N2CCC(Cc3ccc(C(=O)N(C)C)cc3)CC2)cc1. The van der Waals surface area contributed by atoms with E-state index in [1.165, 1.54) is 5.56 Å². The lowest BCUT2D eigenvalue weighted by Gasteiger charge is -2.32. The lowest BCUT2D eigenvalue weighted by Crippen LogP contribution is -2.39. The van der Waals surface area contributed by atoms with Crippen LogP contribution in [0.3, 0.4) is 0 Å². The number of carbonyl (C=O) groups is 2. The number of ether oxygens (including phenoxy) is 1. The van der Waals surface area contributed by atoms with Crippen LogP contribution in [0, 0.1) is 5.92 Å². The van der Waals surface area contributed by atoms with E-state index >= 15 is 0 Å². The fourth-order valence-electron chi connectivity index (χ4n) is 3.96. The van der Waals surface area contributed by atoms with E-state index in [0.29, 0.717) is 12.3 Å². The van der Waals surface area contributed by atoms with Gasteiger partial charge in [-0.15, -0.1) is 0 Å². The number of likely N-dealkylation sites (tertiary alicyclic amines) is 1. The number of nitrogens with zero attached hydrogens (tertiary/aromatic N) is 2. The van der Waals surface area contributed by atoms with Crippen molar-refractivity contribution in [3.63, 3.8) is 0 Å². The number of methoxy groups -OCH3 is 1. The molecule has 0 saturated carbocycles. The normalized spacial score (nSPS) is 14.4. The summed E-state index contributed by atoms with van der Waals surface area (Å²) in [5.74, 6) is 1.70. The molecule has 30 heavy (non-hydrogen) atoms. The van der Waals surface area contributed by atoms with Gasteiger partial charge < -0.3 is 14.5 Å². The van der Waals surface area contributed by atoms with Gasteiger partial charge in [-0.1, -0.05) is 24.3 Å². The summed E-state index contributed by atoms with van der Waals surface area (Å²) in [6.07, 6.45) is 4.39. The van der Waals surface area contributed by atoms with E-state index in [0.717, 1.165) is 55.6 Å². The number of hydrogen-bond donors (Lipinski definition) is 0. The Kier molecular flexibility index (Phi) is 7.50. The monoisotopic (exact) mass is 408 g/mol. The highest BCUT2D eigenvalue weighted by Gasteiger charge is 2.23. The van der Waals surface area contributed by atoms with Crippen molar-refractivity contribution in [3.8, 4) is 5.75 Å². The molecule has 160 valence electrons. The molecule has 5 nitrogen and oxygen atoms in total. The maximum absolute atomic E-state index is 12.6. The van der Waals surface area contributed by atoms with Gasteiger partial charge in [-0.25, -0.2) is 0 Å². The summed E-state index contributed by atoms with van der Waals surface area (Å²) in [6, 6.07) is 15.9. The second kappa shape index (κ2) is 10.3. The third-order valence-corrected chi connectivity index (χ3v) is 5.89. The minimum Gasteiger partial charge on any atom is -0.497 e. The van der Waals surface area contributed by atoms with Gasteiger partial charge in [0, 0.05) is 39.2 Å². The van der Waals surface area contributed by atoms with E-state index in [1.807, 2.05) is 41.3 Å². The number of benzene rings is 2. The molecule has 0 aromatic heterocycles. The molecule has 0 atom stereocenters. The molecule has 0 spiro atoms. The molecule has 0 unspecified atom stereocenters. The van der Waals surface area contributed by atoms with Gasteiger partial charge in [0.2, 0.25) is 5.91 Å². The molecular weight excluding hydrogens is 376 g/mol. The van der Waals surface area contributed by atoms with Crippen LogP contribution in [0.5, 0.6) is 5.75 Å². The Labute approximate surface area is 179 Å². The third-order valence-electron chi connectivity index (χ3n) is 5.89. The maximum Gasteiger partial charge on any atom is 0.253 e. The molecular formula is C25H32N2O3. The highest BCUT2D eigenvalue weighted by atomic mass is 16.5. The number of carbonyl (C=O) groups excluding carboxylic acids is 2. The number of piperidine rings is 1. The molecule has 1 aliphatic rings. The molecule has 2 aromatic rings. The largest absolute Gasteiger partial charge is 0.497 e. The van der Waals surface area contributed by atoms with Gasteiger partial charge in [-0.05, 0) is 67.0 Å². The van der Waals surface area contributed by atoms with Crippen LogP contribution in [0.15, 0.2) is 48.5 Å². The van der Waals surface area contributed by atoms with Crippen LogP contribution < -0.4 is 4.74 Å². The smallest absolute Gasteiger partial charge is 0.253 e. The number of aryl methyl sites for hydroxylation is 1. The Hall–Kier alpha value is -2.82. The molecule has 5 heteroatoms. The average Bonchev–Trinajstić information content (AvgIpc) is 2.78. The van der Waals surface area contributed by atoms with E-state index in [1.54, 1.807) is 26.1 Å². The molecule has 1 heterocycles. The van der Waals surface area contributed by atoms with Crippen molar-refractivity contribution < 1.29 is 14.3 Å². The zero-order valence-corrected chi connectivity index (χ0v) is 18.3. The second-order valence-corrected chi connectivity index (χ2v) is 8.27. The molecule has 1 aliphatic heterocycles. The zero-order chi connectivity index (χ0) is 21.5. The van der Waals surface area contributed by atoms with Gasteiger partial charge in [0.15, 0.2) is 0 Å². The van der Waals surface area contributed by atoms with Gasteiger partial charge in [-0.3, -0.25) is 9.59 Å². The van der Waals surface area contributed by atoms with Crippen LogP contribution >= 0.6 is 0 Å². The van der Waals surface area contributed by atoms with E-state index in [2.05, 4.69) is 12.1 Å². The van der Waals surface area contributed by atoms with Crippen molar-refractivity contribution in [2.75, 3.05) is 34.3 Å². The molecule has 0 aliphatic carbocycles. The molecule has 3 rings (SSSR count). The van der Waals surface area contributed by atoms with Crippen LogP contribution in [-0.2, 0) is 17.6 Å². The molecule has 1 saturated heterocycles. The van der Waals surface area contributed by atoms with Crippen LogP contribution in [0.1, 0.15) is 40.7 Å². The quantitative estimate of drug-likeness (QED) is 0.700. The van der Waals surface area contributed by atoms with Crippen molar-refractivity contribution in [1.82, 2.24) is 9.80 Å². The number of rotatable bonds is 7. The Morgan fingerprint density at radius 3 is 2.13 bits per heavy atom. The van der Waals surface area contributed by atoms with Gasteiger partial charge in [0.05, 0.1) is 7.11 Å². The van der Waals surface area contributed by atoms with E-state index in [-0.39, 0.29) is 11.8 Å². The van der Waals surface area contributed by atoms with E-state index < -0.39 is 0 Å². The zero-order valence-electron chi connectivity index (χ0n) is 18.3.